The molecule has 1 amide bonds. The Bertz CT molecular complexity index is 1290. The summed E-state index contributed by atoms with van der Waals surface area (Å²) in [5.41, 5.74) is 0.325. The smallest absolute Gasteiger partial charge is 0.410 e. The number of amides is 1. The number of sulfonamides is 1. The maximum Gasteiger partial charge on any atom is 0.410 e. The van der Waals surface area contributed by atoms with E-state index in [2.05, 4.69) is 4.98 Å². The number of halogens is 5. The van der Waals surface area contributed by atoms with Crippen molar-refractivity contribution >= 4 is 21.8 Å². The predicted octanol–water partition coefficient (Wildman–Crippen LogP) is 4.19. The lowest BCUT2D eigenvalue weighted by molar-refractivity contribution is 0.0240. The van der Waals surface area contributed by atoms with Crippen molar-refractivity contribution in [1.29, 1.82) is 0 Å². The van der Waals surface area contributed by atoms with E-state index in [1.807, 2.05) is 4.90 Å². The summed E-state index contributed by atoms with van der Waals surface area (Å²) in [6, 6.07) is 2.55. The topological polar surface area (TPSA) is 83.0 Å². The quantitative estimate of drug-likeness (QED) is 0.299. The number of carbonyl (C=O) groups is 1. The molecule has 1 aromatic carbocycles. The van der Waals surface area contributed by atoms with E-state index in [0.717, 1.165) is 0 Å². The van der Waals surface area contributed by atoms with E-state index in [1.165, 1.54) is 12.3 Å². The molecule has 1 aliphatic heterocycles. The highest BCUT2D eigenvalue weighted by atomic mass is 32.2. The lowest BCUT2D eigenvalue weighted by Gasteiger charge is -2.36. The van der Waals surface area contributed by atoms with Gasteiger partial charge in [-0.2, -0.15) is 4.31 Å². The number of hydrogen-bond donors (Lipinski definition) is 0. The first-order valence-electron chi connectivity index (χ1n) is 11.9. The van der Waals surface area contributed by atoms with Gasteiger partial charge in [-0.05, 0) is 45.7 Å². The summed E-state index contributed by atoms with van der Waals surface area (Å²) >= 11 is 0. The van der Waals surface area contributed by atoms with Gasteiger partial charge in [0.15, 0.2) is 28.2 Å². The van der Waals surface area contributed by atoms with Crippen molar-refractivity contribution in [2.24, 2.45) is 0 Å². The number of anilines is 1. The first-order valence-corrected chi connectivity index (χ1v) is 13.4. The Hall–Kier alpha value is -3.00. The van der Waals surface area contributed by atoms with E-state index in [1.54, 1.807) is 31.7 Å². The molecule has 0 unspecified atom stereocenters. The molecule has 1 aromatic heterocycles. The zero-order valence-electron chi connectivity index (χ0n) is 21.0. The van der Waals surface area contributed by atoms with Gasteiger partial charge in [0.1, 0.15) is 5.60 Å². The molecule has 0 N–H and O–H groups in total. The van der Waals surface area contributed by atoms with Gasteiger partial charge >= 0.3 is 6.09 Å². The number of piperazine rings is 1. The number of ether oxygens (including phenoxy) is 1. The number of benzene rings is 1. The molecule has 0 atom stereocenters. The van der Waals surface area contributed by atoms with Crippen LogP contribution in [0.15, 0.2) is 23.2 Å². The van der Waals surface area contributed by atoms with Crippen LogP contribution < -0.4 is 4.90 Å². The van der Waals surface area contributed by atoms with Crippen molar-refractivity contribution in [3.05, 3.63) is 53.1 Å². The third-order valence-corrected chi connectivity index (χ3v) is 8.03. The lowest BCUT2D eigenvalue weighted by Crippen LogP contribution is -2.50. The first-order chi connectivity index (χ1) is 17.7. The second kappa shape index (κ2) is 10.3. The number of pyridine rings is 1. The van der Waals surface area contributed by atoms with Crippen LogP contribution >= 0.6 is 0 Å². The highest BCUT2D eigenvalue weighted by Crippen LogP contribution is 2.36. The molecular weight excluding hydrogens is 535 g/mol. The molecule has 2 heterocycles. The van der Waals surface area contributed by atoms with Gasteiger partial charge in [-0.15, -0.1) is 0 Å². The van der Waals surface area contributed by atoms with Crippen molar-refractivity contribution in [2.75, 3.05) is 31.1 Å². The monoisotopic (exact) mass is 562 g/mol. The number of aromatic nitrogens is 1. The summed E-state index contributed by atoms with van der Waals surface area (Å²) in [6.07, 6.45) is 1.83. The molecule has 0 radical (unpaired) electrons. The zero-order valence-corrected chi connectivity index (χ0v) is 21.8. The van der Waals surface area contributed by atoms with Crippen molar-refractivity contribution in [3.63, 3.8) is 0 Å². The Kier molecular flexibility index (Phi) is 7.58. The number of nitrogens with zero attached hydrogens (tertiary/aromatic N) is 4. The Balaban J connectivity index is 1.48. The summed E-state index contributed by atoms with van der Waals surface area (Å²) < 4.78 is 102. The van der Waals surface area contributed by atoms with Crippen LogP contribution in [-0.4, -0.2) is 66.5 Å². The average Bonchev–Trinajstić information content (AvgIpc) is 3.69. The van der Waals surface area contributed by atoms with Gasteiger partial charge in [-0.25, -0.2) is 35.2 Å². The second-order valence-electron chi connectivity index (χ2n) is 10.1. The third-order valence-electron chi connectivity index (χ3n) is 6.11. The molecule has 2 aromatic rings. The maximum atomic E-state index is 14.3. The fourth-order valence-corrected chi connectivity index (χ4v) is 5.80. The molecule has 1 aliphatic carbocycles. The van der Waals surface area contributed by atoms with Gasteiger partial charge in [0, 0.05) is 32.2 Å². The van der Waals surface area contributed by atoms with Gasteiger partial charge < -0.3 is 14.5 Å². The standard InChI is InChI=1S/C24H27F5N4O4S/c1-24(2,3)37-23(34)32-10-8-31(9-11-32)16-5-4-14(30-12-16)13-33(15-6-7-15)38(35,36)22-20(28)18(26)17(25)19(27)21(22)29/h4-5,12,15H,6-11,13H2,1-3H3. The van der Waals surface area contributed by atoms with E-state index >= 15 is 0 Å². The maximum absolute atomic E-state index is 14.3. The normalized spacial score (nSPS) is 16.8. The molecule has 0 spiro atoms. The fraction of sp³-hybridized carbons (Fsp3) is 0.500. The molecule has 4 rings (SSSR count). The average molecular weight is 563 g/mol. The van der Waals surface area contributed by atoms with Gasteiger partial charge in [-0.1, -0.05) is 0 Å². The van der Waals surface area contributed by atoms with Crippen LogP contribution in [-0.2, 0) is 21.3 Å². The van der Waals surface area contributed by atoms with Gasteiger partial charge in [0.05, 0.1) is 24.1 Å². The Labute approximate surface area is 217 Å². The highest BCUT2D eigenvalue weighted by molar-refractivity contribution is 7.89. The summed E-state index contributed by atoms with van der Waals surface area (Å²) in [4.78, 5) is 18.2. The predicted molar refractivity (Wildman–Crippen MR) is 126 cm³/mol. The van der Waals surface area contributed by atoms with Crippen LogP contribution in [0.3, 0.4) is 0 Å². The van der Waals surface area contributed by atoms with Gasteiger partial charge in [0.25, 0.3) is 0 Å². The van der Waals surface area contributed by atoms with Crippen molar-refractivity contribution < 1.29 is 39.9 Å². The van der Waals surface area contributed by atoms with E-state index < -0.39 is 68.3 Å². The fourth-order valence-electron chi connectivity index (χ4n) is 4.03. The zero-order chi connectivity index (χ0) is 28.0. The molecule has 0 bridgehead atoms. The summed E-state index contributed by atoms with van der Waals surface area (Å²) in [7, 11) is -5.08. The number of hydrogen-bond acceptors (Lipinski definition) is 6. The van der Waals surface area contributed by atoms with E-state index in [4.69, 9.17) is 4.74 Å². The van der Waals surface area contributed by atoms with E-state index in [-0.39, 0.29) is 5.69 Å². The second-order valence-corrected chi connectivity index (χ2v) is 12.0. The Morgan fingerprint density at radius 2 is 1.53 bits per heavy atom. The summed E-state index contributed by atoms with van der Waals surface area (Å²) in [5, 5.41) is 0. The van der Waals surface area contributed by atoms with Gasteiger partial charge in [0.2, 0.25) is 15.8 Å². The minimum Gasteiger partial charge on any atom is -0.444 e. The van der Waals surface area contributed by atoms with E-state index in [9.17, 15) is 35.2 Å². The molecular formula is C24H27F5N4O4S. The third kappa shape index (κ3) is 5.70. The molecule has 14 heteroatoms. The lowest BCUT2D eigenvalue weighted by atomic mass is 10.2. The van der Waals surface area contributed by atoms with Gasteiger partial charge in [-0.3, -0.25) is 4.98 Å². The molecule has 1 saturated carbocycles. The van der Waals surface area contributed by atoms with Crippen molar-refractivity contribution in [3.8, 4) is 0 Å². The van der Waals surface area contributed by atoms with Crippen LogP contribution in [0.5, 0.6) is 0 Å². The largest absolute Gasteiger partial charge is 0.444 e. The number of rotatable bonds is 6. The molecule has 1 saturated heterocycles. The SMILES string of the molecule is CC(C)(C)OC(=O)N1CCN(c2ccc(CN(C3CC3)S(=O)(=O)c3c(F)c(F)c(F)c(F)c3F)nc2)CC1. The molecule has 38 heavy (non-hydrogen) atoms. The van der Waals surface area contributed by atoms with Crippen LogP contribution in [0.2, 0.25) is 0 Å². The number of carbonyl (C=O) groups excluding carboxylic acids is 1. The summed E-state index contributed by atoms with van der Waals surface area (Å²) in [6.45, 7) is 6.79. The molecule has 2 aliphatic rings. The molecule has 2 fully saturated rings. The van der Waals surface area contributed by atoms with E-state index in [0.29, 0.717) is 49.0 Å². The summed E-state index contributed by atoms with van der Waals surface area (Å²) in [5.74, 6) is -11.9. The molecule has 208 valence electrons. The van der Waals surface area contributed by atoms with Crippen LogP contribution in [0.1, 0.15) is 39.3 Å². The van der Waals surface area contributed by atoms with Crippen LogP contribution in [0.4, 0.5) is 32.4 Å². The highest BCUT2D eigenvalue weighted by Gasteiger charge is 2.43. The van der Waals surface area contributed by atoms with Crippen molar-refractivity contribution in [1.82, 2.24) is 14.2 Å². The minimum atomic E-state index is -5.08. The van der Waals surface area contributed by atoms with Crippen molar-refractivity contribution in [2.45, 2.75) is 56.7 Å². The first kappa shape index (κ1) is 28.0. The Morgan fingerprint density at radius 3 is 2.00 bits per heavy atom. The molecule has 8 nitrogen and oxygen atoms in total. The van der Waals surface area contributed by atoms with Crippen LogP contribution in [0, 0.1) is 29.1 Å². The van der Waals surface area contributed by atoms with Crippen LogP contribution in [0.25, 0.3) is 0 Å². The minimum absolute atomic E-state index is 0.223. The Morgan fingerprint density at radius 1 is 0.974 bits per heavy atom.